The fourth-order valence-electron chi connectivity index (χ4n) is 2.43. The third-order valence-corrected chi connectivity index (χ3v) is 5.12. The molecule has 0 radical (unpaired) electrons. The smallest absolute Gasteiger partial charge is 0.210 e. The zero-order valence-corrected chi connectivity index (χ0v) is 15.1. The number of aromatic nitrogens is 5. The van der Waals surface area contributed by atoms with E-state index in [4.69, 9.17) is 29.0 Å². The highest BCUT2D eigenvalue weighted by Gasteiger charge is 2.15. The maximum atomic E-state index is 6.22. The van der Waals surface area contributed by atoms with Crippen molar-refractivity contribution >= 4 is 40.6 Å². The third-order valence-electron chi connectivity index (χ3n) is 3.60. The van der Waals surface area contributed by atoms with Crippen LogP contribution in [0.4, 0.5) is 0 Å². The minimum Gasteiger partial charge on any atom is -0.335 e. The van der Waals surface area contributed by atoms with Crippen molar-refractivity contribution in [2.24, 2.45) is 0 Å². The van der Waals surface area contributed by atoms with Gasteiger partial charge < -0.3 is 10.2 Å². The molecule has 0 amide bonds. The monoisotopic (exact) mass is 390 g/mol. The van der Waals surface area contributed by atoms with Gasteiger partial charge in [-0.3, -0.25) is 0 Å². The summed E-state index contributed by atoms with van der Waals surface area (Å²) in [5.74, 6) is 7.25. The maximum absolute atomic E-state index is 6.22. The zero-order chi connectivity index (χ0) is 17.4. The van der Waals surface area contributed by atoms with Crippen LogP contribution in [-0.4, -0.2) is 24.3 Å². The van der Waals surface area contributed by atoms with E-state index in [1.165, 1.54) is 16.4 Å². The van der Waals surface area contributed by atoms with Crippen LogP contribution in [0.25, 0.3) is 17.0 Å². The number of hydrogen-bond donors (Lipinski definition) is 1. The van der Waals surface area contributed by atoms with E-state index in [-0.39, 0.29) is 0 Å². The van der Waals surface area contributed by atoms with Crippen molar-refractivity contribution in [3.8, 4) is 11.4 Å². The molecule has 0 spiro atoms. The van der Waals surface area contributed by atoms with Crippen LogP contribution in [0, 0.1) is 0 Å². The van der Waals surface area contributed by atoms with E-state index in [0.29, 0.717) is 32.3 Å². The van der Waals surface area contributed by atoms with Crippen molar-refractivity contribution in [3.63, 3.8) is 0 Å². The van der Waals surface area contributed by atoms with Gasteiger partial charge in [-0.25, -0.2) is 9.66 Å². The van der Waals surface area contributed by atoms with Crippen molar-refractivity contribution in [2.45, 2.75) is 10.9 Å². The molecule has 25 heavy (non-hydrogen) atoms. The first kappa shape index (κ1) is 16.3. The van der Waals surface area contributed by atoms with Gasteiger partial charge in [-0.05, 0) is 30.3 Å². The molecule has 0 saturated carbocycles. The Morgan fingerprint density at radius 2 is 2.00 bits per heavy atom. The number of nitrogens with zero attached hydrogens (tertiary/aromatic N) is 5. The average Bonchev–Trinajstić information content (AvgIpc) is 3.16. The van der Waals surface area contributed by atoms with Crippen LogP contribution < -0.4 is 5.84 Å². The molecule has 0 saturated heterocycles. The van der Waals surface area contributed by atoms with E-state index in [0.717, 1.165) is 11.3 Å². The van der Waals surface area contributed by atoms with E-state index in [9.17, 15) is 0 Å². The van der Waals surface area contributed by atoms with Crippen LogP contribution >= 0.6 is 35.0 Å². The zero-order valence-electron chi connectivity index (χ0n) is 12.8. The molecule has 0 aliphatic heterocycles. The number of nitrogen functional groups attached to an aromatic ring is 1. The number of fused-ring (bicyclic) bond motifs is 1. The molecule has 0 aliphatic carbocycles. The highest BCUT2D eigenvalue weighted by molar-refractivity contribution is 7.98. The number of rotatable bonds is 4. The summed E-state index contributed by atoms with van der Waals surface area (Å²) in [5.41, 5.74) is 2.52. The van der Waals surface area contributed by atoms with Gasteiger partial charge in [0.15, 0.2) is 5.82 Å². The van der Waals surface area contributed by atoms with Crippen molar-refractivity contribution in [3.05, 3.63) is 64.5 Å². The Labute approximate surface area is 157 Å². The Morgan fingerprint density at radius 3 is 2.80 bits per heavy atom. The summed E-state index contributed by atoms with van der Waals surface area (Å²) in [6.45, 7) is 0. The maximum Gasteiger partial charge on any atom is 0.210 e. The van der Waals surface area contributed by atoms with Crippen LogP contribution in [0.1, 0.15) is 5.69 Å². The van der Waals surface area contributed by atoms with Gasteiger partial charge in [0, 0.05) is 28.7 Å². The summed E-state index contributed by atoms with van der Waals surface area (Å²) in [7, 11) is 0. The molecule has 0 bridgehead atoms. The van der Waals surface area contributed by atoms with Crippen LogP contribution in [0.2, 0.25) is 10.0 Å². The molecule has 3 aromatic heterocycles. The number of benzene rings is 1. The molecule has 2 N–H and O–H groups in total. The Hall–Kier alpha value is -2.22. The summed E-state index contributed by atoms with van der Waals surface area (Å²) in [6, 6.07) is 11.0. The Balaban J connectivity index is 1.56. The van der Waals surface area contributed by atoms with E-state index < -0.39 is 0 Å². The Kier molecular flexibility index (Phi) is 4.29. The predicted molar refractivity (Wildman–Crippen MR) is 100 cm³/mol. The van der Waals surface area contributed by atoms with Gasteiger partial charge in [0.1, 0.15) is 5.65 Å². The lowest BCUT2D eigenvalue weighted by molar-refractivity contribution is 0.849. The second-order valence-electron chi connectivity index (χ2n) is 5.29. The number of nitrogens with two attached hydrogens (primary N) is 1. The first-order chi connectivity index (χ1) is 12.1. The summed E-state index contributed by atoms with van der Waals surface area (Å²) in [5, 5.41) is 9.91. The van der Waals surface area contributed by atoms with Gasteiger partial charge >= 0.3 is 0 Å². The van der Waals surface area contributed by atoms with Crippen LogP contribution in [-0.2, 0) is 5.75 Å². The summed E-state index contributed by atoms with van der Waals surface area (Å²) >= 11 is 13.6. The summed E-state index contributed by atoms with van der Waals surface area (Å²) in [4.78, 5) is 4.55. The SMILES string of the molecule is Nn1c(SCc2cn3ccccc3n2)nnc1-c1ccc(Cl)cc1Cl. The van der Waals surface area contributed by atoms with Gasteiger partial charge in [-0.2, -0.15) is 0 Å². The lowest BCUT2D eigenvalue weighted by Crippen LogP contribution is -2.11. The molecule has 0 fully saturated rings. The molecule has 6 nitrogen and oxygen atoms in total. The minimum absolute atomic E-state index is 0.475. The van der Waals surface area contributed by atoms with Gasteiger partial charge in [-0.15, -0.1) is 10.2 Å². The van der Waals surface area contributed by atoms with E-state index in [1.54, 1.807) is 18.2 Å². The van der Waals surface area contributed by atoms with Gasteiger partial charge in [0.25, 0.3) is 0 Å². The first-order valence-corrected chi connectivity index (χ1v) is 9.07. The van der Waals surface area contributed by atoms with Crippen molar-refractivity contribution in [1.29, 1.82) is 0 Å². The summed E-state index contributed by atoms with van der Waals surface area (Å²) < 4.78 is 3.40. The van der Waals surface area contributed by atoms with E-state index in [2.05, 4.69) is 15.2 Å². The van der Waals surface area contributed by atoms with E-state index >= 15 is 0 Å². The van der Waals surface area contributed by atoms with Gasteiger partial charge in [-0.1, -0.05) is 41.0 Å². The lowest BCUT2D eigenvalue weighted by Gasteiger charge is -2.05. The van der Waals surface area contributed by atoms with Gasteiger partial charge in [0.05, 0.1) is 10.7 Å². The second kappa shape index (κ2) is 6.59. The molecule has 9 heteroatoms. The normalized spacial score (nSPS) is 11.3. The Morgan fingerprint density at radius 1 is 1.12 bits per heavy atom. The fourth-order valence-corrected chi connectivity index (χ4v) is 3.66. The highest BCUT2D eigenvalue weighted by atomic mass is 35.5. The standard InChI is InChI=1S/C16H12Cl2N6S/c17-10-4-5-12(13(18)7-10)15-21-22-16(24(15)19)25-9-11-8-23-6-2-1-3-14(23)20-11/h1-8H,9,19H2. The second-order valence-corrected chi connectivity index (χ2v) is 7.07. The molecule has 4 rings (SSSR count). The molecule has 3 heterocycles. The van der Waals surface area contributed by atoms with Crippen LogP contribution in [0.3, 0.4) is 0 Å². The first-order valence-electron chi connectivity index (χ1n) is 7.33. The van der Waals surface area contributed by atoms with E-state index in [1.807, 2.05) is 35.0 Å². The molecule has 4 aromatic rings. The quantitative estimate of drug-likeness (QED) is 0.422. The van der Waals surface area contributed by atoms with Crippen molar-refractivity contribution < 1.29 is 0 Å². The predicted octanol–water partition coefficient (Wildman–Crippen LogP) is 3.91. The number of imidazole rings is 1. The molecule has 0 unspecified atom stereocenters. The van der Waals surface area contributed by atoms with Crippen molar-refractivity contribution in [1.82, 2.24) is 24.3 Å². The number of halogens is 2. The average molecular weight is 391 g/mol. The topological polar surface area (TPSA) is 74.0 Å². The Bertz CT molecular complexity index is 1020. The molecular formula is C16H12Cl2N6S. The lowest BCUT2D eigenvalue weighted by atomic mass is 10.2. The van der Waals surface area contributed by atoms with Crippen LogP contribution in [0.15, 0.2) is 53.9 Å². The molecular weight excluding hydrogens is 379 g/mol. The molecule has 0 aliphatic rings. The van der Waals surface area contributed by atoms with Gasteiger partial charge in [0.2, 0.25) is 5.16 Å². The largest absolute Gasteiger partial charge is 0.335 e. The minimum atomic E-state index is 0.475. The number of pyridine rings is 1. The third kappa shape index (κ3) is 3.18. The molecule has 126 valence electrons. The molecule has 0 atom stereocenters. The summed E-state index contributed by atoms with van der Waals surface area (Å²) in [6.07, 6.45) is 3.94. The number of thioether (sulfide) groups is 1. The van der Waals surface area contributed by atoms with Crippen LogP contribution in [0.5, 0.6) is 0 Å². The molecule has 1 aromatic carbocycles. The fraction of sp³-hybridized carbons (Fsp3) is 0.0625. The van der Waals surface area contributed by atoms with Crippen molar-refractivity contribution in [2.75, 3.05) is 5.84 Å². The number of hydrogen-bond acceptors (Lipinski definition) is 5. The highest BCUT2D eigenvalue weighted by Crippen LogP contribution is 2.30.